The van der Waals surface area contributed by atoms with Crippen LogP contribution in [0.3, 0.4) is 0 Å². The van der Waals surface area contributed by atoms with Crippen molar-refractivity contribution in [1.82, 2.24) is 10.2 Å². The molecular formula is C19H19BrN2S. The van der Waals surface area contributed by atoms with E-state index < -0.39 is 0 Å². The molecule has 1 saturated heterocycles. The smallest absolute Gasteiger partial charge is 0.0703 e. The molecule has 0 saturated carbocycles. The van der Waals surface area contributed by atoms with E-state index in [1.807, 2.05) is 11.3 Å². The van der Waals surface area contributed by atoms with Crippen LogP contribution < -0.4 is 5.32 Å². The number of thiophene rings is 1. The molecule has 0 amide bonds. The lowest BCUT2D eigenvalue weighted by atomic mass is 9.96. The monoisotopic (exact) mass is 386 g/mol. The zero-order chi connectivity index (χ0) is 15.6. The van der Waals surface area contributed by atoms with E-state index in [2.05, 4.69) is 80.7 Å². The highest BCUT2D eigenvalue weighted by molar-refractivity contribution is 9.11. The number of benzene rings is 2. The minimum Gasteiger partial charge on any atom is -0.314 e. The van der Waals surface area contributed by atoms with Crippen LogP contribution in [0.5, 0.6) is 0 Å². The lowest BCUT2D eigenvalue weighted by Gasteiger charge is -2.35. The fourth-order valence-electron chi connectivity index (χ4n) is 3.43. The zero-order valence-corrected chi connectivity index (χ0v) is 15.2. The molecule has 3 aromatic rings. The summed E-state index contributed by atoms with van der Waals surface area (Å²) in [5.41, 5.74) is 1.42. The third kappa shape index (κ3) is 3.09. The Morgan fingerprint density at radius 2 is 1.74 bits per heavy atom. The summed E-state index contributed by atoms with van der Waals surface area (Å²) in [6.07, 6.45) is 0. The fourth-order valence-corrected chi connectivity index (χ4v) is 5.01. The van der Waals surface area contributed by atoms with Gasteiger partial charge in [0.1, 0.15) is 0 Å². The van der Waals surface area contributed by atoms with Crippen molar-refractivity contribution in [3.8, 4) is 0 Å². The van der Waals surface area contributed by atoms with Gasteiger partial charge in [-0.25, -0.2) is 0 Å². The van der Waals surface area contributed by atoms with Crippen molar-refractivity contribution >= 4 is 38.0 Å². The van der Waals surface area contributed by atoms with Crippen LogP contribution in [0.1, 0.15) is 16.5 Å². The zero-order valence-electron chi connectivity index (χ0n) is 12.8. The Morgan fingerprint density at radius 3 is 2.52 bits per heavy atom. The Hall–Kier alpha value is -1.20. The van der Waals surface area contributed by atoms with Crippen molar-refractivity contribution in [2.24, 2.45) is 0 Å². The fraction of sp³-hybridized carbons (Fsp3) is 0.263. The molecule has 1 aliphatic rings. The summed E-state index contributed by atoms with van der Waals surface area (Å²) in [5.74, 6) is 0. The minimum absolute atomic E-state index is 0.333. The molecule has 0 aliphatic carbocycles. The molecule has 2 aromatic carbocycles. The van der Waals surface area contributed by atoms with E-state index in [9.17, 15) is 0 Å². The molecule has 1 aromatic heterocycles. The second kappa shape index (κ2) is 6.73. The highest BCUT2D eigenvalue weighted by atomic mass is 79.9. The Balaban J connectivity index is 1.86. The number of nitrogens with zero attached hydrogens (tertiary/aromatic N) is 1. The standard InChI is InChI=1S/C19H19BrN2S/c20-18-9-8-17(23-18)19(22-12-10-21-11-13-22)16-7-3-5-14-4-1-2-6-15(14)16/h1-9,19,21H,10-13H2. The van der Waals surface area contributed by atoms with Crippen molar-refractivity contribution in [3.05, 3.63) is 68.8 Å². The lowest BCUT2D eigenvalue weighted by molar-refractivity contribution is 0.201. The molecule has 0 radical (unpaired) electrons. The summed E-state index contributed by atoms with van der Waals surface area (Å²) in [7, 11) is 0. The van der Waals surface area contributed by atoms with Crippen LogP contribution in [0.25, 0.3) is 10.8 Å². The summed E-state index contributed by atoms with van der Waals surface area (Å²) >= 11 is 5.48. The van der Waals surface area contributed by atoms with E-state index in [0.717, 1.165) is 26.2 Å². The molecule has 118 valence electrons. The number of rotatable bonds is 3. The second-order valence-electron chi connectivity index (χ2n) is 5.90. The molecule has 23 heavy (non-hydrogen) atoms. The molecule has 0 bridgehead atoms. The number of piperazine rings is 1. The lowest BCUT2D eigenvalue weighted by Crippen LogP contribution is -2.45. The first-order valence-electron chi connectivity index (χ1n) is 8.00. The number of halogens is 1. The van der Waals surface area contributed by atoms with E-state index in [1.165, 1.54) is 25.0 Å². The van der Waals surface area contributed by atoms with Crippen molar-refractivity contribution in [1.29, 1.82) is 0 Å². The molecule has 0 spiro atoms. The van der Waals surface area contributed by atoms with E-state index in [-0.39, 0.29) is 0 Å². The summed E-state index contributed by atoms with van der Waals surface area (Å²) in [5, 5.41) is 6.15. The molecule has 2 nitrogen and oxygen atoms in total. The summed E-state index contributed by atoms with van der Waals surface area (Å²) in [4.78, 5) is 4.02. The molecule has 4 heteroatoms. The highest BCUT2D eigenvalue weighted by Gasteiger charge is 2.26. The third-order valence-electron chi connectivity index (χ3n) is 4.50. The number of nitrogens with one attached hydrogen (secondary N) is 1. The van der Waals surface area contributed by atoms with Crippen LogP contribution in [0.4, 0.5) is 0 Å². The Kier molecular flexibility index (Phi) is 4.49. The number of hydrogen-bond donors (Lipinski definition) is 1. The van der Waals surface area contributed by atoms with Crippen molar-refractivity contribution < 1.29 is 0 Å². The van der Waals surface area contributed by atoms with Crippen molar-refractivity contribution in [3.63, 3.8) is 0 Å². The van der Waals surface area contributed by atoms with Crippen LogP contribution in [0.15, 0.2) is 58.4 Å². The summed E-state index contributed by atoms with van der Waals surface area (Å²) < 4.78 is 1.20. The normalized spacial score (nSPS) is 17.4. The van der Waals surface area contributed by atoms with Gasteiger partial charge in [0, 0.05) is 31.1 Å². The molecular weight excluding hydrogens is 368 g/mol. The number of fused-ring (bicyclic) bond motifs is 1. The van der Waals surface area contributed by atoms with Gasteiger partial charge in [-0.05, 0) is 44.4 Å². The maximum absolute atomic E-state index is 3.63. The van der Waals surface area contributed by atoms with Gasteiger partial charge < -0.3 is 5.32 Å². The van der Waals surface area contributed by atoms with Crippen LogP contribution in [-0.4, -0.2) is 31.1 Å². The van der Waals surface area contributed by atoms with Gasteiger partial charge in [-0.2, -0.15) is 0 Å². The first-order chi connectivity index (χ1) is 11.3. The topological polar surface area (TPSA) is 15.3 Å². The van der Waals surface area contributed by atoms with Gasteiger partial charge in [0.15, 0.2) is 0 Å². The SMILES string of the molecule is Brc1ccc(C(c2cccc3ccccc23)N2CCNCC2)s1. The van der Waals surface area contributed by atoms with Crippen molar-refractivity contribution in [2.45, 2.75) is 6.04 Å². The Labute approximate surface area is 149 Å². The van der Waals surface area contributed by atoms with Crippen LogP contribution in [0.2, 0.25) is 0 Å². The van der Waals surface area contributed by atoms with E-state index >= 15 is 0 Å². The molecule has 1 unspecified atom stereocenters. The van der Waals surface area contributed by atoms with Crippen LogP contribution >= 0.6 is 27.3 Å². The first kappa shape index (κ1) is 15.3. The van der Waals surface area contributed by atoms with Crippen LogP contribution in [-0.2, 0) is 0 Å². The molecule has 1 N–H and O–H groups in total. The second-order valence-corrected chi connectivity index (χ2v) is 8.39. The average molecular weight is 387 g/mol. The van der Waals surface area contributed by atoms with Crippen molar-refractivity contribution in [2.75, 3.05) is 26.2 Å². The maximum atomic E-state index is 3.63. The van der Waals surface area contributed by atoms with Gasteiger partial charge in [-0.15, -0.1) is 11.3 Å². The molecule has 2 heterocycles. The highest BCUT2D eigenvalue weighted by Crippen LogP contribution is 2.38. The molecule has 1 aliphatic heterocycles. The third-order valence-corrected chi connectivity index (χ3v) is 6.17. The molecule has 1 atom stereocenters. The Bertz CT molecular complexity index is 802. The summed E-state index contributed by atoms with van der Waals surface area (Å²) in [6.45, 7) is 4.30. The van der Waals surface area contributed by atoms with E-state index in [1.54, 1.807) is 0 Å². The van der Waals surface area contributed by atoms with Gasteiger partial charge in [0.05, 0.1) is 9.83 Å². The van der Waals surface area contributed by atoms with Gasteiger partial charge in [-0.1, -0.05) is 42.5 Å². The van der Waals surface area contributed by atoms with Gasteiger partial charge in [0.2, 0.25) is 0 Å². The molecule has 1 fully saturated rings. The van der Waals surface area contributed by atoms with E-state index in [0.29, 0.717) is 6.04 Å². The maximum Gasteiger partial charge on any atom is 0.0703 e. The van der Waals surface area contributed by atoms with E-state index in [4.69, 9.17) is 0 Å². The minimum atomic E-state index is 0.333. The van der Waals surface area contributed by atoms with Crippen LogP contribution in [0, 0.1) is 0 Å². The van der Waals surface area contributed by atoms with Gasteiger partial charge in [0.25, 0.3) is 0 Å². The largest absolute Gasteiger partial charge is 0.314 e. The quantitative estimate of drug-likeness (QED) is 0.703. The molecule has 4 rings (SSSR count). The summed E-state index contributed by atoms with van der Waals surface area (Å²) in [6, 6.07) is 20.2. The predicted octanol–water partition coefficient (Wildman–Crippen LogP) is 4.66. The average Bonchev–Trinajstić information content (AvgIpc) is 3.02. The Morgan fingerprint density at radius 1 is 0.957 bits per heavy atom. The first-order valence-corrected chi connectivity index (χ1v) is 9.61. The van der Waals surface area contributed by atoms with Gasteiger partial charge >= 0.3 is 0 Å². The predicted molar refractivity (Wildman–Crippen MR) is 102 cm³/mol. The van der Waals surface area contributed by atoms with Gasteiger partial charge in [-0.3, -0.25) is 4.90 Å². The number of hydrogen-bond acceptors (Lipinski definition) is 3.